The molecule has 2 fully saturated rings. The maximum atomic E-state index is 16.7. The molecule has 0 amide bonds. The van der Waals surface area contributed by atoms with Crippen molar-refractivity contribution in [2.45, 2.75) is 50.4 Å². The van der Waals surface area contributed by atoms with Gasteiger partial charge in [-0.3, -0.25) is 4.90 Å². The van der Waals surface area contributed by atoms with Crippen molar-refractivity contribution in [3.63, 3.8) is 0 Å². The number of anilines is 1. The van der Waals surface area contributed by atoms with Crippen molar-refractivity contribution in [1.29, 1.82) is 0 Å². The SMILES string of the molecule is CCc1c(F)ccc2cc(O)cc(-c3nc4c5c(nc(OC[C@@]67CCCN6C[C@H](F)C7)nc5c3F)N(C)[C@@H](CO)CO4)c12. The van der Waals surface area contributed by atoms with Gasteiger partial charge in [-0.15, -0.1) is 0 Å². The van der Waals surface area contributed by atoms with Crippen molar-refractivity contribution < 1.29 is 32.9 Å². The fourth-order valence-corrected chi connectivity index (χ4v) is 7.02. The van der Waals surface area contributed by atoms with Crippen molar-refractivity contribution in [3.8, 4) is 28.9 Å². The van der Waals surface area contributed by atoms with Gasteiger partial charge in [0.15, 0.2) is 5.82 Å². The number of halogens is 3. The highest BCUT2D eigenvalue weighted by Gasteiger charge is 2.49. The van der Waals surface area contributed by atoms with Crippen LogP contribution in [-0.4, -0.2) is 87.8 Å². The first-order valence-electron chi connectivity index (χ1n) is 14.6. The second-order valence-corrected chi connectivity index (χ2v) is 11.7. The molecule has 0 bridgehead atoms. The molecule has 2 aromatic carbocycles. The van der Waals surface area contributed by atoms with Gasteiger partial charge in [-0.1, -0.05) is 13.0 Å². The molecule has 3 aliphatic heterocycles. The Morgan fingerprint density at radius 1 is 1.16 bits per heavy atom. The molecule has 2 saturated heterocycles. The largest absolute Gasteiger partial charge is 0.508 e. The van der Waals surface area contributed by atoms with E-state index in [-0.39, 0.29) is 65.4 Å². The van der Waals surface area contributed by atoms with Gasteiger partial charge in [0.2, 0.25) is 5.88 Å². The van der Waals surface area contributed by atoms with E-state index in [0.29, 0.717) is 35.7 Å². The van der Waals surface area contributed by atoms with Crippen LogP contribution >= 0.6 is 0 Å². The molecule has 3 aliphatic rings. The molecule has 0 unspecified atom stereocenters. The van der Waals surface area contributed by atoms with E-state index in [2.05, 4.69) is 19.9 Å². The van der Waals surface area contributed by atoms with Crippen LogP contribution in [0.2, 0.25) is 0 Å². The number of phenolic OH excluding ortho intramolecular Hbond substituents is 1. The van der Waals surface area contributed by atoms with Gasteiger partial charge < -0.3 is 24.6 Å². The Hall–Kier alpha value is -3.90. The van der Waals surface area contributed by atoms with Gasteiger partial charge in [-0.05, 0) is 60.3 Å². The van der Waals surface area contributed by atoms with E-state index in [1.807, 2.05) is 0 Å². The number of nitrogens with zero attached hydrogens (tertiary/aromatic N) is 5. The molecule has 9 nitrogen and oxygen atoms in total. The van der Waals surface area contributed by atoms with Gasteiger partial charge in [0.05, 0.1) is 18.2 Å². The van der Waals surface area contributed by atoms with Crippen LogP contribution in [0.4, 0.5) is 19.0 Å². The van der Waals surface area contributed by atoms with E-state index >= 15 is 4.39 Å². The van der Waals surface area contributed by atoms with Gasteiger partial charge in [0.25, 0.3) is 0 Å². The molecule has 2 N–H and O–H groups in total. The Labute approximate surface area is 245 Å². The van der Waals surface area contributed by atoms with Gasteiger partial charge >= 0.3 is 6.01 Å². The average Bonchev–Trinajstić information content (AvgIpc) is 3.48. The second-order valence-electron chi connectivity index (χ2n) is 11.7. The number of aliphatic hydroxyl groups is 1. The molecular formula is C31H32F3N5O4. The number of phenols is 1. The number of benzene rings is 2. The zero-order chi connectivity index (χ0) is 30.0. The highest BCUT2D eigenvalue weighted by molar-refractivity contribution is 6.03. The Kier molecular flexibility index (Phi) is 6.73. The number of rotatable bonds is 6. The highest BCUT2D eigenvalue weighted by Crippen LogP contribution is 2.44. The van der Waals surface area contributed by atoms with E-state index in [1.54, 1.807) is 18.9 Å². The summed E-state index contributed by atoms with van der Waals surface area (Å²) >= 11 is 0. The number of pyridine rings is 1. The number of aromatic hydroxyl groups is 1. The van der Waals surface area contributed by atoms with Crippen LogP contribution in [0.1, 0.15) is 31.7 Å². The van der Waals surface area contributed by atoms with Crippen LogP contribution in [0, 0.1) is 11.6 Å². The quantitative estimate of drug-likeness (QED) is 0.333. The van der Waals surface area contributed by atoms with Crippen molar-refractivity contribution in [2.24, 2.45) is 0 Å². The van der Waals surface area contributed by atoms with Gasteiger partial charge in [0.1, 0.15) is 53.4 Å². The third-order valence-electron chi connectivity index (χ3n) is 9.21. The number of hydrogen-bond acceptors (Lipinski definition) is 9. The Morgan fingerprint density at radius 2 is 2.00 bits per heavy atom. The van der Waals surface area contributed by atoms with E-state index in [1.165, 1.54) is 24.3 Å². The van der Waals surface area contributed by atoms with Crippen molar-refractivity contribution in [2.75, 3.05) is 44.9 Å². The molecule has 4 aromatic rings. The molecule has 0 spiro atoms. The maximum Gasteiger partial charge on any atom is 0.319 e. The maximum absolute atomic E-state index is 16.7. The van der Waals surface area contributed by atoms with E-state index < -0.39 is 29.4 Å². The van der Waals surface area contributed by atoms with Crippen LogP contribution in [0.15, 0.2) is 24.3 Å². The molecule has 5 heterocycles. The van der Waals surface area contributed by atoms with Crippen LogP contribution < -0.4 is 14.4 Å². The van der Waals surface area contributed by atoms with E-state index in [0.717, 1.165) is 19.4 Å². The molecule has 2 aromatic heterocycles. The fourth-order valence-electron chi connectivity index (χ4n) is 7.02. The summed E-state index contributed by atoms with van der Waals surface area (Å²) in [4.78, 5) is 17.4. The van der Waals surface area contributed by atoms with E-state index in [4.69, 9.17) is 9.47 Å². The van der Waals surface area contributed by atoms with Crippen molar-refractivity contribution >= 4 is 27.5 Å². The standard InChI is InChI=1S/C31H32F3N5O4/c1-3-20-22(33)6-5-16-9-19(41)10-21(23(16)20)26-25(34)27-24-28(38(2)18(13-40)14-42-29(24)35-26)37-30(36-27)43-15-31-7-4-8-39(31)12-17(32)11-31/h5-6,9-10,17-18,40-41H,3-4,7-8,11-15H2,1-2H3/t17-,18+,31+/m1/s1. The lowest BCUT2D eigenvalue weighted by atomic mass is 9.94. The Balaban J connectivity index is 1.43. The molecular weight excluding hydrogens is 563 g/mol. The summed E-state index contributed by atoms with van der Waals surface area (Å²) in [5.41, 5.74) is -0.239. The van der Waals surface area contributed by atoms with Crippen molar-refractivity contribution in [1.82, 2.24) is 19.9 Å². The third kappa shape index (κ3) is 4.41. The summed E-state index contributed by atoms with van der Waals surface area (Å²) < 4.78 is 58.2. The molecule has 0 radical (unpaired) electrons. The lowest BCUT2D eigenvalue weighted by Crippen LogP contribution is -2.43. The molecule has 3 atom stereocenters. The van der Waals surface area contributed by atoms with Crippen LogP contribution in [-0.2, 0) is 6.42 Å². The lowest BCUT2D eigenvalue weighted by molar-refractivity contribution is 0.107. The molecule has 0 saturated carbocycles. The number of fused-ring (bicyclic) bond motifs is 2. The summed E-state index contributed by atoms with van der Waals surface area (Å²) in [6.45, 7) is 2.84. The molecule has 0 aliphatic carbocycles. The molecule has 12 heteroatoms. The number of aliphatic hydroxyl groups excluding tert-OH is 1. The fraction of sp³-hybridized carbons (Fsp3) is 0.452. The normalized spacial score (nSPS) is 23.5. The number of alkyl halides is 1. The number of likely N-dealkylation sites (N-methyl/N-ethyl adjacent to an activating group) is 1. The lowest BCUT2D eigenvalue weighted by Gasteiger charge is -2.31. The first-order chi connectivity index (χ1) is 20.7. The molecule has 7 rings (SSSR count). The summed E-state index contributed by atoms with van der Waals surface area (Å²) in [5.74, 6) is -1.11. The van der Waals surface area contributed by atoms with Gasteiger partial charge in [-0.2, -0.15) is 9.97 Å². The zero-order valence-electron chi connectivity index (χ0n) is 23.9. The summed E-state index contributed by atoms with van der Waals surface area (Å²) in [5, 5.41) is 21.8. The van der Waals surface area contributed by atoms with Crippen molar-refractivity contribution in [3.05, 3.63) is 41.5 Å². The number of hydrogen-bond donors (Lipinski definition) is 2. The first kappa shape index (κ1) is 27.9. The first-order valence-corrected chi connectivity index (χ1v) is 14.6. The second kappa shape index (κ2) is 10.4. The summed E-state index contributed by atoms with van der Waals surface area (Å²) in [7, 11) is 1.71. The minimum Gasteiger partial charge on any atom is -0.508 e. The smallest absolute Gasteiger partial charge is 0.319 e. The molecule has 43 heavy (non-hydrogen) atoms. The minimum atomic E-state index is -0.941. The van der Waals surface area contributed by atoms with Crippen LogP contribution in [0.5, 0.6) is 17.6 Å². The topological polar surface area (TPSA) is 104 Å². The van der Waals surface area contributed by atoms with Gasteiger partial charge in [-0.25, -0.2) is 18.2 Å². The number of ether oxygens (including phenoxy) is 2. The minimum absolute atomic E-state index is 0.0261. The third-order valence-corrected chi connectivity index (χ3v) is 9.21. The van der Waals surface area contributed by atoms with Gasteiger partial charge in [0, 0.05) is 25.6 Å². The average molecular weight is 596 g/mol. The summed E-state index contributed by atoms with van der Waals surface area (Å²) in [6, 6.07) is 5.07. The van der Waals surface area contributed by atoms with Crippen LogP contribution in [0.25, 0.3) is 32.9 Å². The predicted molar refractivity (Wildman–Crippen MR) is 155 cm³/mol. The number of aromatic nitrogens is 3. The summed E-state index contributed by atoms with van der Waals surface area (Å²) in [6.07, 6.45) is 1.45. The highest BCUT2D eigenvalue weighted by atomic mass is 19.1. The molecule has 226 valence electrons. The van der Waals surface area contributed by atoms with Crippen LogP contribution in [0.3, 0.4) is 0 Å². The zero-order valence-corrected chi connectivity index (χ0v) is 23.9. The Bertz CT molecular complexity index is 1760. The number of aryl methyl sites for hydroxylation is 1. The monoisotopic (exact) mass is 595 g/mol. The predicted octanol–water partition coefficient (Wildman–Crippen LogP) is 4.54. The van der Waals surface area contributed by atoms with E-state index in [9.17, 15) is 19.0 Å². The Morgan fingerprint density at radius 3 is 2.79 bits per heavy atom.